The van der Waals surface area contributed by atoms with E-state index in [2.05, 4.69) is 4.98 Å². The van der Waals surface area contributed by atoms with Gasteiger partial charge in [-0.15, -0.1) is 0 Å². The maximum Gasteiger partial charge on any atom is 0.279 e. The number of aromatic nitrogens is 1. The fraction of sp³-hybridized carbons (Fsp3) is 0.125. The van der Waals surface area contributed by atoms with Crippen LogP contribution in [0.25, 0.3) is 10.2 Å². The van der Waals surface area contributed by atoms with Crippen LogP contribution in [0.15, 0.2) is 54.6 Å². The van der Waals surface area contributed by atoms with Crippen LogP contribution in [0.1, 0.15) is 18.4 Å². The van der Waals surface area contributed by atoms with Crippen molar-refractivity contribution in [3.8, 4) is 22.8 Å². The van der Waals surface area contributed by atoms with Crippen LogP contribution in [-0.4, -0.2) is 16.9 Å². The van der Waals surface area contributed by atoms with Gasteiger partial charge in [0.25, 0.3) is 5.19 Å². The lowest BCUT2D eigenvalue weighted by atomic mass is 9.93. The number of nitrogens with zero attached hydrogens (tertiary/aromatic N) is 2. The Bertz CT molecular complexity index is 1420. The lowest BCUT2D eigenvalue weighted by molar-refractivity contribution is -0.125. The number of nitriles is 1. The zero-order chi connectivity index (χ0) is 24.4. The van der Waals surface area contributed by atoms with Crippen LogP contribution in [0.5, 0.6) is 16.7 Å². The second-order valence-corrected chi connectivity index (χ2v) is 9.42. The summed E-state index contributed by atoms with van der Waals surface area (Å²) in [6.07, 6.45) is -0.913. The van der Waals surface area contributed by atoms with Crippen molar-refractivity contribution in [2.24, 2.45) is 0 Å². The molecule has 0 spiro atoms. The second kappa shape index (κ2) is 10.2. The summed E-state index contributed by atoms with van der Waals surface area (Å²) in [6.45, 7) is 1.56. The van der Waals surface area contributed by atoms with E-state index in [4.69, 9.17) is 44.3 Å². The van der Waals surface area contributed by atoms with Crippen LogP contribution in [0.4, 0.5) is 4.39 Å². The van der Waals surface area contributed by atoms with Crippen molar-refractivity contribution in [1.29, 1.82) is 5.26 Å². The predicted octanol–water partition coefficient (Wildman–Crippen LogP) is 7.83. The molecule has 0 radical (unpaired) electrons. The fourth-order valence-electron chi connectivity index (χ4n) is 3.19. The first-order valence-electron chi connectivity index (χ1n) is 9.83. The third kappa shape index (κ3) is 5.26. The van der Waals surface area contributed by atoms with Crippen LogP contribution < -0.4 is 9.47 Å². The quantitative estimate of drug-likeness (QED) is 0.241. The number of benzene rings is 3. The molecule has 34 heavy (non-hydrogen) atoms. The number of halogens is 4. The van der Waals surface area contributed by atoms with Crippen molar-refractivity contribution >= 4 is 62.1 Å². The van der Waals surface area contributed by atoms with Crippen molar-refractivity contribution in [3.05, 3.63) is 81.0 Å². The summed E-state index contributed by atoms with van der Waals surface area (Å²) in [5.74, 6) is -1.12. The molecule has 0 saturated carbocycles. The Morgan fingerprint density at radius 2 is 1.76 bits per heavy atom. The van der Waals surface area contributed by atoms with Gasteiger partial charge < -0.3 is 9.47 Å². The summed E-state index contributed by atoms with van der Waals surface area (Å²) in [4.78, 5) is 17.1. The van der Waals surface area contributed by atoms with E-state index >= 15 is 0 Å². The minimum atomic E-state index is -1.10. The molecule has 0 aliphatic rings. The van der Waals surface area contributed by atoms with E-state index in [1.807, 2.05) is 6.07 Å². The van der Waals surface area contributed by atoms with Crippen molar-refractivity contribution in [3.63, 3.8) is 0 Å². The summed E-state index contributed by atoms with van der Waals surface area (Å²) in [5, 5.41) is 10.7. The number of rotatable bonds is 7. The molecule has 2 atom stereocenters. The van der Waals surface area contributed by atoms with Crippen LogP contribution in [0.2, 0.25) is 15.1 Å². The van der Waals surface area contributed by atoms with E-state index in [0.29, 0.717) is 37.5 Å². The maximum absolute atomic E-state index is 13.5. The van der Waals surface area contributed by atoms with Crippen LogP contribution in [0, 0.1) is 17.1 Å². The predicted molar refractivity (Wildman–Crippen MR) is 131 cm³/mol. The average molecular weight is 536 g/mol. The number of fused-ring (bicyclic) bond motifs is 1. The Balaban J connectivity index is 1.44. The largest absolute Gasteiger partial charge is 0.483 e. The number of Topliss-reactive ketones (excluding diaryl/α,β-unsaturated/α-hetero) is 1. The summed E-state index contributed by atoms with van der Waals surface area (Å²) in [7, 11) is 0. The Hall–Kier alpha value is -2.89. The molecule has 0 saturated heterocycles. The Labute approximate surface area is 213 Å². The first-order chi connectivity index (χ1) is 16.2. The molecule has 0 fully saturated rings. The van der Waals surface area contributed by atoms with Gasteiger partial charge in [-0.3, -0.25) is 4.79 Å². The van der Waals surface area contributed by atoms with Gasteiger partial charge in [0.15, 0.2) is 11.9 Å². The van der Waals surface area contributed by atoms with Gasteiger partial charge in [0.1, 0.15) is 28.8 Å². The number of thiazole rings is 1. The highest BCUT2D eigenvalue weighted by molar-refractivity contribution is 7.20. The van der Waals surface area contributed by atoms with Gasteiger partial charge in [0.05, 0.1) is 15.8 Å². The minimum Gasteiger partial charge on any atom is -0.483 e. The second-order valence-electron chi connectivity index (χ2n) is 7.18. The topological polar surface area (TPSA) is 72.2 Å². The average Bonchev–Trinajstić information content (AvgIpc) is 3.19. The molecular formula is C24H14Cl3FN2O3S. The van der Waals surface area contributed by atoms with Gasteiger partial charge in [0.2, 0.25) is 0 Å². The molecular weight excluding hydrogens is 522 g/mol. The minimum absolute atomic E-state index is 0.207. The highest BCUT2D eigenvalue weighted by Crippen LogP contribution is 2.36. The lowest BCUT2D eigenvalue weighted by Gasteiger charge is -2.18. The molecule has 0 aliphatic carbocycles. The zero-order valence-corrected chi connectivity index (χ0v) is 20.5. The molecule has 172 valence electrons. The van der Waals surface area contributed by atoms with E-state index in [0.717, 1.165) is 11.3 Å². The summed E-state index contributed by atoms with van der Waals surface area (Å²) in [5.41, 5.74) is 0.830. The van der Waals surface area contributed by atoms with Gasteiger partial charge in [-0.05, 0) is 61.0 Å². The van der Waals surface area contributed by atoms with Crippen molar-refractivity contribution in [1.82, 2.24) is 4.98 Å². The normalized spacial score (nSPS) is 12.7. The van der Waals surface area contributed by atoms with Gasteiger partial charge in [-0.1, -0.05) is 52.2 Å². The molecule has 1 heterocycles. The van der Waals surface area contributed by atoms with Gasteiger partial charge in [0, 0.05) is 10.0 Å². The van der Waals surface area contributed by atoms with Crippen molar-refractivity contribution in [2.75, 3.05) is 0 Å². The SMILES string of the molecule is CC(Oc1ccc(Oc2nc3c(Cl)cc(F)cc3s2)cc1)C(=O)C(C#N)c1ccc(Cl)cc1Cl. The Morgan fingerprint density at radius 1 is 1.06 bits per heavy atom. The molecule has 4 rings (SSSR count). The highest BCUT2D eigenvalue weighted by atomic mass is 35.5. The van der Waals surface area contributed by atoms with Crippen LogP contribution in [0.3, 0.4) is 0 Å². The molecule has 5 nitrogen and oxygen atoms in total. The monoisotopic (exact) mass is 534 g/mol. The Morgan fingerprint density at radius 3 is 2.44 bits per heavy atom. The van der Waals surface area contributed by atoms with Gasteiger partial charge >= 0.3 is 0 Å². The number of carbonyl (C=O) groups is 1. The van der Waals surface area contributed by atoms with E-state index in [9.17, 15) is 14.4 Å². The molecule has 0 bridgehead atoms. The number of hydrogen-bond acceptors (Lipinski definition) is 6. The number of carbonyl (C=O) groups excluding carboxylic acids is 1. The fourth-order valence-corrected chi connectivity index (χ4v) is 4.90. The van der Waals surface area contributed by atoms with Crippen molar-refractivity contribution in [2.45, 2.75) is 18.9 Å². The molecule has 0 amide bonds. The molecule has 0 aliphatic heterocycles. The summed E-state index contributed by atoms with van der Waals surface area (Å²) >= 11 is 19.3. The summed E-state index contributed by atoms with van der Waals surface area (Å²) < 4.78 is 25.6. The molecule has 2 unspecified atom stereocenters. The molecule has 0 N–H and O–H groups in total. The lowest BCUT2D eigenvalue weighted by Crippen LogP contribution is -2.29. The molecule has 4 aromatic rings. The van der Waals surface area contributed by atoms with Crippen LogP contribution >= 0.6 is 46.1 Å². The molecule has 10 heteroatoms. The highest BCUT2D eigenvalue weighted by Gasteiger charge is 2.28. The summed E-state index contributed by atoms with van der Waals surface area (Å²) in [6, 6.07) is 15.6. The van der Waals surface area contributed by atoms with Crippen LogP contribution in [-0.2, 0) is 4.79 Å². The number of ketones is 1. The Kier molecular flexibility index (Phi) is 7.24. The van der Waals surface area contributed by atoms with Gasteiger partial charge in [-0.2, -0.15) is 5.26 Å². The van der Waals surface area contributed by atoms with E-state index < -0.39 is 23.6 Å². The first-order valence-corrected chi connectivity index (χ1v) is 11.8. The maximum atomic E-state index is 13.5. The first kappa shape index (κ1) is 24.2. The van der Waals surface area contributed by atoms with E-state index in [-0.39, 0.29) is 10.0 Å². The van der Waals surface area contributed by atoms with E-state index in [1.165, 1.54) is 18.2 Å². The van der Waals surface area contributed by atoms with Crippen molar-refractivity contribution < 1.29 is 18.7 Å². The zero-order valence-electron chi connectivity index (χ0n) is 17.4. The number of ether oxygens (including phenoxy) is 2. The van der Waals surface area contributed by atoms with Gasteiger partial charge in [-0.25, -0.2) is 9.37 Å². The van der Waals surface area contributed by atoms with E-state index in [1.54, 1.807) is 43.3 Å². The number of hydrogen-bond donors (Lipinski definition) is 0. The third-order valence-corrected chi connectivity index (χ3v) is 6.55. The molecule has 1 aromatic heterocycles. The smallest absolute Gasteiger partial charge is 0.279 e. The standard InChI is InChI=1S/C24H14Cl3FN2O3S/c1-12(23(31)18(11-29)17-7-2-13(25)8-19(17)26)32-15-3-5-16(6-4-15)33-24-30-22-20(27)9-14(28)10-21(22)34-24/h2-10,12,18H,1H3. The molecule has 3 aromatic carbocycles. The third-order valence-electron chi connectivity index (χ3n) is 4.82.